The maximum absolute atomic E-state index is 12.5. The molecule has 6 nitrogen and oxygen atoms in total. The number of thiocarbonyl (C=S) groups is 1. The molecule has 29 heavy (non-hydrogen) atoms. The Kier molecular flexibility index (Phi) is 4.44. The molecule has 0 aromatic heterocycles. The number of aliphatic hydroxyl groups is 1. The lowest BCUT2D eigenvalue weighted by molar-refractivity contribution is -0.194. The minimum atomic E-state index is -0.671. The quantitative estimate of drug-likeness (QED) is 0.613. The number of carbonyl (C=O) groups is 1. The van der Waals surface area contributed by atoms with Crippen molar-refractivity contribution in [2.45, 2.75) is 37.3 Å². The highest BCUT2D eigenvalue weighted by Crippen LogP contribution is 2.46. The second-order valence-electron chi connectivity index (χ2n) is 7.76. The molecule has 3 aliphatic heterocycles. The summed E-state index contributed by atoms with van der Waals surface area (Å²) in [5, 5.41) is 11.2. The first-order chi connectivity index (χ1) is 14.1. The van der Waals surface area contributed by atoms with Gasteiger partial charge in [-0.2, -0.15) is 0 Å². The first-order valence-corrected chi connectivity index (χ1v) is 10.2. The Bertz CT molecular complexity index is 936. The number of anilines is 1. The van der Waals surface area contributed by atoms with Gasteiger partial charge in [-0.25, -0.2) is 0 Å². The van der Waals surface area contributed by atoms with E-state index in [-0.39, 0.29) is 18.1 Å². The second kappa shape index (κ2) is 7.00. The van der Waals surface area contributed by atoms with E-state index < -0.39 is 18.1 Å². The number of fused-ring (bicyclic) bond motifs is 2. The molecule has 3 saturated heterocycles. The summed E-state index contributed by atoms with van der Waals surface area (Å²) in [6.45, 7) is 0.570. The number of para-hydroxylation sites is 1. The largest absolute Gasteiger partial charge is 0.497 e. The molecule has 4 aliphatic rings. The van der Waals surface area contributed by atoms with E-state index in [1.807, 2.05) is 54.6 Å². The van der Waals surface area contributed by atoms with Crippen molar-refractivity contribution >= 4 is 29.0 Å². The summed E-state index contributed by atoms with van der Waals surface area (Å²) < 4.78 is 10.9. The van der Waals surface area contributed by atoms with Crippen LogP contribution in [0.2, 0.25) is 0 Å². The van der Waals surface area contributed by atoms with Gasteiger partial charge in [-0.1, -0.05) is 30.3 Å². The molecule has 150 valence electrons. The number of methoxy groups -OCH3 is 1. The number of benzene rings is 2. The van der Waals surface area contributed by atoms with Crippen LogP contribution < -0.4 is 9.64 Å². The van der Waals surface area contributed by atoms with Crippen LogP contribution in [0, 0.1) is 5.92 Å². The molecule has 4 fully saturated rings. The predicted molar refractivity (Wildman–Crippen MR) is 112 cm³/mol. The number of nitrogens with zero attached hydrogens (tertiary/aromatic N) is 2. The van der Waals surface area contributed by atoms with Gasteiger partial charge in [0.1, 0.15) is 11.9 Å². The maximum Gasteiger partial charge on any atom is 0.311 e. The molecule has 6 rings (SSSR count). The minimum Gasteiger partial charge on any atom is -0.497 e. The third-order valence-corrected chi connectivity index (χ3v) is 6.62. The maximum atomic E-state index is 12.5. The molecular formula is C22H22N2O4S. The van der Waals surface area contributed by atoms with Crippen molar-refractivity contribution in [1.29, 1.82) is 0 Å². The van der Waals surface area contributed by atoms with Gasteiger partial charge in [0.15, 0.2) is 5.11 Å². The minimum absolute atomic E-state index is 0.141. The van der Waals surface area contributed by atoms with Gasteiger partial charge in [-0.05, 0) is 48.5 Å². The molecule has 2 aromatic carbocycles. The Morgan fingerprint density at radius 1 is 1.14 bits per heavy atom. The Balaban J connectivity index is 1.54. The van der Waals surface area contributed by atoms with Gasteiger partial charge in [-0.3, -0.25) is 4.79 Å². The Morgan fingerprint density at radius 2 is 1.86 bits per heavy atom. The number of hydrogen-bond acceptors (Lipinski definition) is 5. The zero-order valence-electron chi connectivity index (χ0n) is 16.0. The summed E-state index contributed by atoms with van der Waals surface area (Å²) in [6.07, 6.45) is -0.842. The Labute approximate surface area is 174 Å². The Hall–Kier alpha value is -2.64. The molecule has 1 N–H and O–H groups in total. The lowest BCUT2D eigenvalue weighted by atomic mass is 9.74. The van der Waals surface area contributed by atoms with Crippen LogP contribution in [0.15, 0.2) is 54.6 Å². The van der Waals surface area contributed by atoms with E-state index in [1.54, 1.807) is 7.11 Å². The van der Waals surface area contributed by atoms with Crippen LogP contribution in [-0.4, -0.2) is 52.5 Å². The SMILES string of the molecule is COc1ccc(CN2C(=S)N(c3ccccc3)[C@H]3[C@@H]2[C@H]2OC(=O)[C@@H]3C[C@H]2O)cc1. The van der Waals surface area contributed by atoms with Crippen LogP contribution in [0.1, 0.15) is 12.0 Å². The zero-order chi connectivity index (χ0) is 20.1. The topological polar surface area (TPSA) is 62.2 Å². The standard InChI is InChI=1S/C22H22N2O4S/c1-27-15-9-7-13(8-10-15)12-23-19-18(16-11-17(25)20(19)28-21(16)26)24(22(23)29)14-5-3-2-4-6-14/h2-10,16-20,25H,11-12H2,1H3/t16-,17-,18-,19-,20+/m1/s1. The van der Waals surface area contributed by atoms with E-state index in [4.69, 9.17) is 21.7 Å². The van der Waals surface area contributed by atoms with Gasteiger partial charge in [0.2, 0.25) is 0 Å². The highest BCUT2D eigenvalue weighted by atomic mass is 32.1. The van der Waals surface area contributed by atoms with Crippen LogP contribution in [-0.2, 0) is 16.1 Å². The van der Waals surface area contributed by atoms with Crippen molar-refractivity contribution in [3.05, 3.63) is 60.2 Å². The lowest BCUT2D eigenvalue weighted by Crippen LogP contribution is -2.66. The van der Waals surface area contributed by atoms with Crippen LogP contribution in [0.25, 0.3) is 0 Å². The van der Waals surface area contributed by atoms with Crippen molar-refractivity contribution < 1.29 is 19.4 Å². The number of rotatable bonds is 4. The van der Waals surface area contributed by atoms with E-state index in [2.05, 4.69) is 9.80 Å². The lowest BCUT2D eigenvalue weighted by Gasteiger charge is -2.49. The zero-order valence-corrected chi connectivity index (χ0v) is 16.8. The van der Waals surface area contributed by atoms with Crippen LogP contribution >= 0.6 is 12.2 Å². The van der Waals surface area contributed by atoms with Gasteiger partial charge in [0.05, 0.1) is 31.2 Å². The van der Waals surface area contributed by atoms with E-state index in [1.165, 1.54) is 0 Å². The smallest absolute Gasteiger partial charge is 0.311 e. The highest BCUT2D eigenvalue weighted by Gasteiger charge is 2.62. The van der Waals surface area contributed by atoms with E-state index in [0.717, 1.165) is 17.0 Å². The van der Waals surface area contributed by atoms with E-state index in [9.17, 15) is 9.90 Å². The van der Waals surface area contributed by atoms with Gasteiger partial charge in [-0.15, -0.1) is 0 Å². The van der Waals surface area contributed by atoms with Gasteiger partial charge in [0, 0.05) is 12.2 Å². The van der Waals surface area contributed by atoms with E-state index >= 15 is 0 Å². The Morgan fingerprint density at radius 3 is 2.55 bits per heavy atom. The fourth-order valence-electron chi connectivity index (χ4n) is 4.86. The number of esters is 1. The van der Waals surface area contributed by atoms with Crippen LogP contribution in [0.3, 0.4) is 0 Å². The van der Waals surface area contributed by atoms with Crippen molar-refractivity contribution in [2.75, 3.05) is 12.0 Å². The summed E-state index contributed by atoms with van der Waals surface area (Å²) in [7, 11) is 1.64. The summed E-state index contributed by atoms with van der Waals surface area (Å²) in [5.41, 5.74) is 2.03. The summed E-state index contributed by atoms with van der Waals surface area (Å²) >= 11 is 5.90. The molecule has 0 spiro atoms. The van der Waals surface area contributed by atoms with E-state index in [0.29, 0.717) is 18.1 Å². The predicted octanol–water partition coefficient (Wildman–Crippen LogP) is 2.35. The van der Waals surface area contributed by atoms with Gasteiger partial charge in [0.25, 0.3) is 0 Å². The molecule has 7 heteroatoms. The number of hydrogen-bond donors (Lipinski definition) is 1. The number of ether oxygens (including phenoxy) is 2. The van der Waals surface area contributed by atoms with Gasteiger partial charge < -0.3 is 24.4 Å². The van der Waals surface area contributed by atoms with Crippen molar-refractivity contribution in [3.63, 3.8) is 0 Å². The van der Waals surface area contributed by atoms with Crippen molar-refractivity contribution in [1.82, 2.24) is 4.90 Å². The summed E-state index contributed by atoms with van der Waals surface area (Å²) in [5.74, 6) is 0.151. The van der Waals surface area contributed by atoms with Crippen molar-refractivity contribution in [2.24, 2.45) is 5.92 Å². The fraction of sp³-hybridized carbons (Fsp3) is 0.364. The molecule has 0 unspecified atom stereocenters. The first-order valence-electron chi connectivity index (χ1n) is 9.75. The second-order valence-corrected chi connectivity index (χ2v) is 8.12. The number of carbonyl (C=O) groups excluding carboxylic acids is 1. The van der Waals surface area contributed by atoms with Gasteiger partial charge >= 0.3 is 5.97 Å². The van der Waals surface area contributed by atoms with Crippen LogP contribution in [0.5, 0.6) is 5.75 Å². The third kappa shape index (κ3) is 2.88. The highest BCUT2D eigenvalue weighted by molar-refractivity contribution is 7.80. The third-order valence-electron chi connectivity index (χ3n) is 6.18. The molecule has 5 atom stereocenters. The summed E-state index contributed by atoms with van der Waals surface area (Å²) in [6, 6.07) is 17.4. The summed E-state index contributed by atoms with van der Waals surface area (Å²) in [4.78, 5) is 16.7. The molecule has 0 radical (unpaired) electrons. The molecule has 3 heterocycles. The number of aliphatic hydroxyl groups excluding tert-OH is 1. The first kappa shape index (κ1) is 18.4. The average Bonchev–Trinajstić information content (AvgIpc) is 3.03. The molecule has 2 bridgehead atoms. The molecule has 2 aromatic rings. The fourth-order valence-corrected chi connectivity index (χ4v) is 5.27. The van der Waals surface area contributed by atoms with Crippen LogP contribution in [0.4, 0.5) is 5.69 Å². The molecular weight excluding hydrogens is 388 g/mol. The molecule has 1 aliphatic carbocycles. The van der Waals surface area contributed by atoms with Crippen molar-refractivity contribution in [3.8, 4) is 5.75 Å². The normalized spacial score (nSPS) is 30.3. The molecule has 0 amide bonds. The monoisotopic (exact) mass is 410 g/mol. The molecule has 1 saturated carbocycles. The average molecular weight is 410 g/mol.